The number of allylic oxidation sites excluding steroid dienone is 5. The summed E-state index contributed by atoms with van der Waals surface area (Å²) in [5.41, 5.74) is 9.29. The normalized spacial score (nSPS) is 34.8. The molecule has 4 atom stereocenters. The van der Waals surface area contributed by atoms with Gasteiger partial charge in [0.1, 0.15) is 0 Å². The highest BCUT2D eigenvalue weighted by molar-refractivity contribution is 14.1. The van der Waals surface area contributed by atoms with Crippen LogP contribution in [0.2, 0.25) is 0 Å². The maximum atomic E-state index is 5.93. The Morgan fingerprint density at radius 3 is 3.00 bits per heavy atom. The third-order valence-electron chi connectivity index (χ3n) is 5.89. The van der Waals surface area contributed by atoms with E-state index in [9.17, 15) is 0 Å². The number of alkyl halides is 1. The van der Waals surface area contributed by atoms with Crippen molar-refractivity contribution in [1.82, 2.24) is 0 Å². The Morgan fingerprint density at radius 1 is 1.27 bits per heavy atom. The van der Waals surface area contributed by atoms with Gasteiger partial charge in [0.25, 0.3) is 0 Å². The zero-order valence-corrected chi connectivity index (χ0v) is 15.8. The minimum atomic E-state index is 0.624. The quantitative estimate of drug-likeness (QED) is 0.365. The van der Waals surface area contributed by atoms with Crippen molar-refractivity contribution >= 4 is 22.6 Å². The molecule has 2 N–H and O–H groups in total. The summed E-state index contributed by atoms with van der Waals surface area (Å²) < 4.78 is 1.30. The smallest absolute Gasteiger partial charge is 0.000462 e. The van der Waals surface area contributed by atoms with Gasteiger partial charge in [-0.25, -0.2) is 0 Å². The number of fused-ring (bicyclic) bond motifs is 1. The van der Waals surface area contributed by atoms with Crippen molar-refractivity contribution in [2.75, 3.05) is 11.0 Å². The summed E-state index contributed by atoms with van der Waals surface area (Å²) in [4.78, 5) is 0. The Balaban J connectivity index is 1.81. The lowest BCUT2D eigenvalue weighted by Gasteiger charge is -2.41. The van der Waals surface area contributed by atoms with Gasteiger partial charge in [0.15, 0.2) is 0 Å². The molecule has 3 aliphatic rings. The third kappa shape index (κ3) is 3.69. The fraction of sp³-hybridized carbons (Fsp3) is 0.700. The van der Waals surface area contributed by atoms with Gasteiger partial charge in [0.05, 0.1) is 0 Å². The number of rotatable bonds is 5. The van der Waals surface area contributed by atoms with Gasteiger partial charge < -0.3 is 5.73 Å². The monoisotopic (exact) mass is 411 g/mol. The highest BCUT2D eigenvalue weighted by atomic mass is 127. The van der Waals surface area contributed by atoms with E-state index < -0.39 is 0 Å². The van der Waals surface area contributed by atoms with E-state index in [0.717, 1.165) is 24.3 Å². The lowest BCUT2D eigenvalue weighted by atomic mass is 9.64. The Kier molecular flexibility index (Phi) is 6.20. The molecular weight excluding hydrogens is 381 g/mol. The van der Waals surface area contributed by atoms with E-state index in [2.05, 4.69) is 46.9 Å². The Morgan fingerprint density at radius 2 is 2.18 bits per heavy atom. The molecule has 122 valence electrons. The first-order valence-corrected chi connectivity index (χ1v) is 10.7. The second kappa shape index (κ2) is 8.14. The van der Waals surface area contributed by atoms with Crippen LogP contribution in [-0.4, -0.2) is 11.0 Å². The van der Waals surface area contributed by atoms with Crippen LogP contribution in [0.1, 0.15) is 51.4 Å². The number of hydrogen-bond donors (Lipinski definition) is 1. The predicted molar refractivity (Wildman–Crippen MR) is 104 cm³/mol. The van der Waals surface area contributed by atoms with Gasteiger partial charge in [-0.1, -0.05) is 46.9 Å². The fourth-order valence-corrected chi connectivity index (χ4v) is 5.18. The lowest BCUT2D eigenvalue weighted by molar-refractivity contribution is 0.256. The summed E-state index contributed by atoms with van der Waals surface area (Å²) in [6.07, 6.45) is 20.8. The van der Waals surface area contributed by atoms with Gasteiger partial charge in [0.2, 0.25) is 0 Å². The molecule has 0 aliphatic heterocycles. The van der Waals surface area contributed by atoms with Gasteiger partial charge in [-0.2, -0.15) is 0 Å². The molecule has 3 rings (SSSR count). The molecular formula is C20H30IN. The van der Waals surface area contributed by atoms with Crippen LogP contribution in [-0.2, 0) is 0 Å². The summed E-state index contributed by atoms with van der Waals surface area (Å²) in [5, 5.41) is 0. The zero-order chi connectivity index (χ0) is 15.4. The summed E-state index contributed by atoms with van der Waals surface area (Å²) in [6, 6.07) is 0. The van der Waals surface area contributed by atoms with E-state index in [1.807, 2.05) is 0 Å². The van der Waals surface area contributed by atoms with E-state index in [4.69, 9.17) is 5.73 Å². The second-order valence-corrected chi connectivity index (χ2v) is 8.33. The van der Waals surface area contributed by atoms with Crippen LogP contribution in [0.3, 0.4) is 0 Å². The van der Waals surface area contributed by atoms with Crippen molar-refractivity contribution in [3.05, 3.63) is 35.5 Å². The van der Waals surface area contributed by atoms with Crippen molar-refractivity contribution in [3.8, 4) is 0 Å². The summed E-state index contributed by atoms with van der Waals surface area (Å²) in [6.45, 7) is 0.822. The molecule has 0 aromatic carbocycles. The standard InChI is InChI=1S/C20H30IN/c21-12-4-7-16-10-11-19(20-9-2-1-8-18(16)20)17-6-3-5-15(13-17)14-22/h1,8,11,13,15-16,18,20H,2-7,9-10,12,14,22H2. The SMILES string of the molecule is NCC1C=C(C2=CCC(CCCI)C3C=CCCC23)CCC1. The maximum Gasteiger partial charge on any atom is -0.000462 e. The van der Waals surface area contributed by atoms with Crippen molar-refractivity contribution < 1.29 is 0 Å². The first kappa shape index (κ1) is 16.8. The minimum absolute atomic E-state index is 0.624. The third-order valence-corrected chi connectivity index (χ3v) is 6.65. The minimum Gasteiger partial charge on any atom is -0.330 e. The first-order chi connectivity index (χ1) is 10.8. The average Bonchev–Trinajstić information content (AvgIpc) is 2.59. The summed E-state index contributed by atoms with van der Waals surface area (Å²) >= 11 is 2.52. The molecule has 0 radical (unpaired) electrons. The van der Waals surface area contributed by atoms with E-state index >= 15 is 0 Å². The molecule has 0 saturated carbocycles. The predicted octanol–water partition coefficient (Wildman–Crippen LogP) is 5.42. The average molecular weight is 411 g/mol. The van der Waals surface area contributed by atoms with Crippen LogP contribution in [0.15, 0.2) is 35.5 Å². The van der Waals surface area contributed by atoms with E-state index in [1.54, 1.807) is 11.1 Å². The van der Waals surface area contributed by atoms with Crippen molar-refractivity contribution in [2.24, 2.45) is 29.4 Å². The molecule has 0 saturated heterocycles. The van der Waals surface area contributed by atoms with E-state index in [1.165, 1.54) is 55.8 Å². The molecule has 4 unspecified atom stereocenters. The molecule has 0 bridgehead atoms. The zero-order valence-electron chi connectivity index (χ0n) is 13.6. The van der Waals surface area contributed by atoms with Crippen molar-refractivity contribution in [3.63, 3.8) is 0 Å². The van der Waals surface area contributed by atoms with Gasteiger partial charge in [-0.05, 0) is 97.2 Å². The summed E-state index contributed by atoms with van der Waals surface area (Å²) in [5.74, 6) is 3.10. The van der Waals surface area contributed by atoms with E-state index in [0.29, 0.717) is 5.92 Å². The van der Waals surface area contributed by atoms with Crippen LogP contribution in [0.25, 0.3) is 0 Å². The fourth-order valence-electron chi connectivity index (χ4n) is 4.74. The molecule has 3 aliphatic carbocycles. The first-order valence-electron chi connectivity index (χ1n) is 9.17. The molecule has 0 heterocycles. The molecule has 1 nitrogen and oxygen atoms in total. The van der Waals surface area contributed by atoms with Crippen LogP contribution in [0.5, 0.6) is 0 Å². The highest BCUT2D eigenvalue weighted by Crippen LogP contribution is 2.46. The Labute approximate surface area is 149 Å². The molecule has 22 heavy (non-hydrogen) atoms. The van der Waals surface area contributed by atoms with Crippen molar-refractivity contribution in [2.45, 2.75) is 51.4 Å². The van der Waals surface area contributed by atoms with Crippen LogP contribution >= 0.6 is 22.6 Å². The molecule has 0 spiro atoms. The Hall–Kier alpha value is -0.0900. The van der Waals surface area contributed by atoms with Gasteiger partial charge in [-0.15, -0.1) is 0 Å². The largest absolute Gasteiger partial charge is 0.330 e. The van der Waals surface area contributed by atoms with Gasteiger partial charge >= 0.3 is 0 Å². The van der Waals surface area contributed by atoms with Crippen LogP contribution in [0.4, 0.5) is 0 Å². The molecule has 0 aromatic heterocycles. The van der Waals surface area contributed by atoms with Gasteiger partial charge in [0, 0.05) is 0 Å². The molecule has 0 fully saturated rings. The molecule has 0 amide bonds. The van der Waals surface area contributed by atoms with E-state index in [-0.39, 0.29) is 0 Å². The van der Waals surface area contributed by atoms with Crippen LogP contribution < -0.4 is 5.73 Å². The number of hydrogen-bond acceptors (Lipinski definition) is 1. The lowest BCUT2D eigenvalue weighted by Crippen LogP contribution is -2.30. The summed E-state index contributed by atoms with van der Waals surface area (Å²) in [7, 11) is 0. The van der Waals surface area contributed by atoms with Gasteiger partial charge in [-0.3, -0.25) is 0 Å². The van der Waals surface area contributed by atoms with Crippen molar-refractivity contribution in [1.29, 1.82) is 0 Å². The van der Waals surface area contributed by atoms with Crippen LogP contribution in [0, 0.1) is 23.7 Å². The highest BCUT2D eigenvalue weighted by Gasteiger charge is 2.35. The maximum absolute atomic E-state index is 5.93. The number of halogens is 1. The Bertz CT molecular complexity index is 462. The molecule has 2 heteroatoms. The number of nitrogens with two attached hydrogens (primary N) is 1. The topological polar surface area (TPSA) is 26.0 Å². The second-order valence-electron chi connectivity index (χ2n) is 7.26. The molecule has 0 aromatic rings.